The van der Waals surface area contributed by atoms with Crippen molar-refractivity contribution in [2.24, 2.45) is 4.99 Å². The number of aliphatic imine (C=N–C) groups is 1. The Morgan fingerprint density at radius 2 is 2.00 bits per heavy atom. The minimum Gasteiger partial charge on any atom is -0.492 e. The molecule has 0 aliphatic carbocycles. The number of aryl methyl sites for hydroxylation is 1. The highest BCUT2D eigenvalue weighted by Crippen LogP contribution is 2.44. The van der Waals surface area contributed by atoms with Gasteiger partial charge in [-0.05, 0) is 38.3 Å². The lowest BCUT2D eigenvalue weighted by Gasteiger charge is -2.12. The quantitative estimate of drug-likeness (QED) is 0.729. The smallest absolute Gasteiger partial charge is 0.144 e. The van der Waals surface area contributed by atoms with Gasteiger partial charge in [0.25, 0.3) is 0 Å². The maximum atomic E-state index is 14.5. The van der Waals surface area contributed by atoms with E-state index < -0.39 is 11.6 Å². The van der Waals surface area contributed by atoms with Crippen LogP contribution >= 0.6 is 23.6 Å². The number of halogens is 2. The van der Waals surface area contributed by atoms with Crippen molar-refractivity contribution in [3.05, 3.63) is 45.8 Å². The van der Waals surface area contributed by atoms with Gasteiger partial charge >= 0.3 is 0 Å². The van der Waals surface area contributed by atoms with Crippen LogP contribution in [0.25, 0.3) is 0 Å². The molecule has 0 saturated carbocycles. The van der Waals surface area contributed by atoms with Gasteiger partial charge in [0.1, 0.15) is 27.4 Å². The molecule has 1 N–H and O–H groups in total. The Kier molecular flexibility index (Phi) is 4.29. The number of benzene rings is 1. The first-order chi connectivity index (χ1) is 12.1. The van der Waals surface area contributed by atoms with Gasteiger partial charge in [-0.1, -0.05) is 18.3 Å². The lowest BCUT2D eigenvalue weighted by atomic mass is 10.0. The monoisotopic (exact) mass is 378 g/mol. The summed E-state index contributed by atoms with van der Waals surface area (Å²) >= 11 is 6.92. The number of rotatable bonds is 1. The fourth-order valence-electron chi connectivity index (χ4n) is 3.09. The van der Waals surface area contributed by atoms with Gasteiger partial charge in [-0.25, -0.2) is 8.78 Å². The zero-order valence-corrected chi connectivity index (χ0v) is 15.2. The molecule has 25 heavy (non-hydrogen) atoms. The van der Waals surface area contributed by atoms with E-state index in [-0.39, 0.29) is 17.3 Å². The maximum absolute atomic E-state index is 14.5. The lowest BCUT2D eigenvalue weighted by Crippen LogP contribution is -2.20. The van der Waals surface area contributed by atoms with E-state index in [9.17, 15) is 8.78 Å². The van der Waals surface area contributed by atoms with Crippen molar-refractivity contribution in [2.75, 3.05) is 11.9 Å². The van der Waals surface area contributed by atoms with Gasteiger partial charge < -0.3 is 10.1 Å². The SMILES string of the molecule is C[C@@H]1N=C(c2c(F)cccc2F)c2c(sc3c2OCCCC3)NC1=S. The Hall–Kier alpha value is -1.86. The van der Waals surface area contributed by atoms with E-state index in [1.54, 1.807) is 0 Å². The molecular weight excluding hydrogens is 362 g/mol. The molecule has 3 nitrogen and oxygen atoms in total. The van der Waals surface area contributed by atoms with Crippen LogP contribution in [0.4, 0.5) is 13.8 Å². The molecule has 1 aromatic carbocycles. The standard InChI is InChI=1S/C18H16F2N2OS2/c1-9-17(24)22-18-14(16-12(25-18)7-2-3-8-23-16)15(21-9)13-10(19)5-4-6-11(13)20/h4-6,9H,2-3,7-8H2,1H3,(H,22,24)/t9-/m0/s1. The van der Waals surface area contributed by atoms with Crippen molar-refractivity contribution < 1.29 is 13.5 Å². The van der Waals surface area contributed by atoms with Crippen LogP contribution < -0.4 is 10.1 Å². The molecule has 0 spiro atoms. The average molecular weight is 378 g/mol. The summed E-state index contributed by atoms with van der Waals surface area (Å²) < 4.78 is 34.9. The fraction of sp³-hybridized carbons (Fsp3) is 0.333. The average Bonchev–Trinajstić information content (AvgIpc) is 2.70. The van der Waals surface area contributed by atoms with E-state index in [2.05, 4.69) is 10.3 Å². The van der Waals surface area contributed by atoms with E-state index in [0.29, 0.717) is 22.9 Å². The predicted octanol–water partition coefficient (Wildman–Crippen LogP) is 4.72. The van der Waals surface area contributed by atoms with Crippen molar-refractivity contribution >= 4 is 39.3 Å². The Morgan fingerprint density at radius 1 is 1.24 bits per heavy atom. The number of hydrogen-bond donors (Lipinski definition) is 1. The van der Waals surface area contributed by atoms with Gasteiger partial charge in [0, 0.05) is 4.88 Å². The first-order valence-corrected chi connectivity index (χ1v) is 9.40. The Morgan fingerprint density at radius 3 is 2.76 bits per heavy atom. The predicted molar refractivity (Wildman–Crippen MR) is 100 cm³/mol. The lowest BCUT2D eigenvalue weighted by molar-refractivity contribution is 0.317. The van der Waals surface area contributed by atoms with Gasteiger partial charge in [-0.15, -0.1) is 11.3 Å². The first-order valence-electron chi connectivity index (χ1n) is 8.18. The zero-order chi connectivity index (χ0) is 17.6. The summed E-state index contributed by atoms with van der Waals surface area (Å²) in [7, 11) is 0. The largest absolute Gasteiger partial charge is 0.492 e. The normalized spacial score (nSPS) is 19.7. The van der Waals surface area contributed by atoms with Crippen LogP contribution in [0.15, 0.2) is 23.2 Å². The van der Waals surface area contributed by atoms with E-state index in [1.807, 2.05) is 6.92 Å². The third-order valence-corrected chi connectivity index (χ3v) is 5.94. The summed E-state index contributed by atoms with van der Waals surface area (Å²) in [5, 5.41) is 3.95. The van der Waals surface area contributed by atoms with Crippen LogP contribution in [0.1, 0.15) is 35.8 Å². The molecule has 2 aliphatic heterocycles. The number of thiocarbonyl (C=S) groups is 1. The highest BCUT2D eigenvalue weighted by Gasteiger charge is 2.32. The van der Waals surface area contributed by atoms with Gasteiger partial charge in [-0.2, -0.15) is 0 Å². The Labute approximate surface area is 153 Å². The third-order valence-electron chi connectivity index (χ3n) is 4.35. The summed E-state index contributed by atoms with van der Waals surface area (Å²) in [6.45, 7) is 2.40. The summed E-state index contributed by atoms with van der Waals surface area (Å²) in [5.41, 5.74) is 0.762. The first kappa shape index (κ1) is 16.6. The van der Waals surface area contributed by atoms with Crippen molar-refractivity contribution in [3.8, 4) is 5.75 Å². The van der Waals surface area contributed by atoms with Gasteiger partial charge in [-0.3, -0.25) is 4.99 Å². The second kappa shape index (κ2) is 6.46. The summed E-state index contributed by atoms with van der Waals surface area (Å²) in [5.74, 6) is -0.597. The Balaban J connectivity index is 1.99. The molecule has 4 rings (SSSR count). The van der Waals surface area contributed by atoms with Crippen LogP contribution in [-0.4, -0.2) is 23.3 Å². The molecule has 0 unspecified atom stereocenters. The summed E-state index contributed by atoms with van der Waals surface area (Å²) in [6.07, 6.45) is 2.86. The second-order valence-electron chi connectivity index (χ2n) is 6.10. The number of nitrogens with zero attached hydrogens (tertiary/aromatic N) is 1. The van der Waals surface area contributed by atoms with E-state index >= 15 is 0 Å². The van der Waals surface area contributed by atoms with Crippen molar-refractivity contribution in [3.63, 3.8) is 0 Å². The molecule has 0 fully saturated rings. The molecule has 0 saturated heterocycles. The van der Waals surface area contributed by atoms with Crippen LogP contribution in [0.3, 0.4) is 0 Å². The number of nitrogens with one attached hydrogen (secondary N) is 1. The molecular formula is C18H16F2N2OS2. The maximum Gasteiger partial charge on any atom is 0.144 e. The number of anilines is 1. The summed E-state index contributed by atoms with van der Waals surface area (Å²) in [4.78, 5) is 6.16. The topological polar surface area (TPSA) is 33.6 Å². The molecule has 7 heteroatoms. The van der Waals surface area contributed by atoms with Crippen LogP contribution in [0.2, 0.25) is 0 Å². The van der Waals surface area contributed by atoms with Gasteiger partial charge in [0.2, 0.25) is 0 Å². The minimum absolute atomic E-state index is 0.129. The number of ether oxygens (including phenoxy) is 1. The third kappa shape index (κ3) is 2.85. The Bertz CT molecular complexity index is 871. The molecule has 2 aliphatic rings. The molecule has 130 valence electrons. The van der Waals surface area contributed by atoms with Crippen LogP contribution in [-0.2, 0) is 6.42 Å². The molecule has 3 heterocycles. The highest BCUT2D eigenvalue weighted by atomic mass is 32.1. The van der Waals surface area contributed by atoms with E-state index in [0.717, 1.165) is 29.1 Å². The number of hydrogen-bond acceptors (Lipinski definition) is 4. The van der Waals surface area contributed by atoms with Gasteiger partial charge in [0.05, 0.1) is 29.5 Å². The van der Waals surface area contributed by atoms with Crippen molar-refractivity contribution in [2.45, 2.75) is 32.2 Å². The molecule has 0 radical (unpaired) electrons. The van der Waals surface area contributed by atoms with Crippen LogP contribution in [0.5, 0.6) is 5.75 Å². The number of thiophene rings is 1. The molecule has 0 bridgehead atoms. The molecule has 0 amide bonds. The second-order valence-corrected chi connectivity index (χ2v) is 7.65. The highest BCUT2D eigenvalue weighted by molar-refractivity contribution is 7.80. The van der Waals surface area contributed by atoms with Crippen molar-refractivity contribution in [1.82, 2.24) is 0 Å². The van der Waals surface area contributed by atoms with Gasteiger partial charge in [0.15, 0.2) is 0 Å². The molecule has 2 aromatic rings. The van der Waals surface area contributed by atoms with Crippen LogP contribution in [0, 0.1) is 11.6 Å². The molecule has 1 aromatic heterocycles. The van der Waals surface area contributed by atoms with E-state index in [4.69, 9.17) is 17.0 Å². The zero-order valence-electron chi connectivity index (χ0n) is 13.6. The summed E-state index contributed by atoms with van der Waals surface area (Å²) in [6, 6.07) is 3.45. The number of fused-ring (bicyclic) bond motifs is 3. The minimum atomic E-state index is -0.640. The van der Waals surface area contributed by atoms with E-state index in [1.165, 1.54) is 29.5 Å². The molecule has 1 atom stereocenters. The fourth-order valence-corrected chi connectivity index (χ4v) is 4.51. The van der Waals surface area contributed by atoms with Crippen molar-refractivity contribution in [1.29, 1.82) is 0 Å².